The van der Waals surface area contributed by atoms with E-state index in [-0.39, 0.29) is 34.4 Å². The monoisotopic (exact) mass is 722 g/mol. The highest BCUT2D eigenvalue weighted by atomic mass is 16.3. The van der Waals surface area contributed by atoms with Crippen LogP contribution in [0.3, 0.4) is 0 Å². The van der Waals surface area contributed by atoms with Crippen molar-refractivity contribution in [2.24, 2.45) is 11.8 Å². The van der Waals surface area contributed by atoms with Gasteiger partial charge in [0.25, 0.3) is 11.8 Å². The van der Waals surface area contributed by atoms with Crippen LogP contribution in [0.4, 0.5) is 0 Å². The van der Waals surface area contributed by atoms with Crippen LogP contribution in [0.25, 0.3) is 0 Å². The number of hydrazine groups is 2. The summed E-state index contributed by atoms with van der Waals surface area (Å²) in [6, 6.07) is 10.2. The van der Waals surface area contributed by atoms with Gasteiger partial charge in [-0.15, -0.1) is 0 Å². The Morgan fingerprint density at radius 3 is 1.21 bits per heavy atom. The molecule has 0 radical (unpaired) electrons. The average Bonchev–Trinajstić information content (AvgIpc) is 3.14. The summed E-state index contributed by atoms with van der Waals surface area (Å²) < 4.78 is 0. The van der Waals surface area contributed by atoms with E-state index in [1.54, 1.807) is 12.1 Å². The van der Waals surface area contributed by atoms with Gasteiger partial charge in [-0.3, -0.25) is 40.9 Å². The van der Waals surface area contributed by atoms with E-state index in [4.69, 9.17) is 0 Å². The van der Waals surface area contributed by atoms with Gasteiger partial charge in [0.05, 0.1) is 11.1 Å². The Balaban J connectivity index is 1.91. The van der Waals surface area contributed by atoms with Crippen molar-refractivity contribution in [3.8, 4) is 11.5 Å². The second-order valence-corrected chi connectivity index (χ2v) is 14.1. The summed E-state index contributed by atoms with van der Waals surface area (Å²) in [6.45, 7) is 8.30. The standard InChI is InChI=1S/C42H66N4O6/c1-5-9-11-13-15-17-23-31-25-19-27-35(37(31)47)41(51)45-43-39(49)33(21-7-3)29-30-34(22-8-4)40(50)44-46-42(52)36-28-20-26-32(38(36)48)24-18-16-14-12-10-6-2/h19-20,25-28,33-34,47-48H,5-18,21-24,29-30H2,1-4H3,(H,43,49)(H,44,50)(H,45,51)(H,46,52). The largest absolute Gasteiger partial charge is 0.507 e. The van der Waals surface area contributed by atoms with Crippen LogP contribution in [-0.4, -0.2) is 33.8 Å². The molecule has 0 heterocycles. The summed E-state index contributed by atoms with van der Waals surface area (Å²) in [6.07, 6.45) is 18.3. The number of hydrogen-bond donors (Lipinski definition) is 6. The lowest BCUT2D eigenvalue weighted by molar-refractivity contribution is -0.128. The fourth-order valence-corrected chi connectivity index (χ4v) is 6.63. The van der Waals surface area contributed by atoms with E-state index in [1.807, 2.05) is 26.0 Å². The summed E-state index contributed by atoms with van der Waals surface area (Å²) in [5, 5.41) is 21.6. The zero-order chi connectivity index (χ0) is 38.1. The number of carbonyl (C=O) groups excluding carboxylic acids is 4. The minimum absolute atomic E-state index is 0.0653. The molecule has 0 fully saturated rings. The van der Waals surface area contributed by atoms with Crippen molar-refractivity contribution >= 4 is 23.6 Å². The van der Waals surface area contributed by atoms with Crippen LogP contribution in [0, 0.1) is 11.8 Å². The zero-order valence-electron chi connectivity index (χ0n) is 32.3. The van der Waals surface area contributed by atoms with E-state index in [0.717, 1.165) is 51.4 Å². The third-order valence-electron chi connectivity index (χ3n) is 9.81. The van der Waals surface area contributed by atoms with E-state index < -0.39 is 23.7 Å². The molecule has 0 aromatic heterocycles. The topological polar surface area (TPSA) is 157 Å². The minimum atomic E-state index is -0.594. The molecule has 52 heavy (non-hydrogen) atoms. The lowest BCUT2D eigenvalue weighted by Gasteiger charge is -2.21. The van der Waals surface area contributed by atoms with Gasteiger partial charge < -0.3 is 10.2 Å². The maximum atomic E-state index is 13.2. The second-order valence-electron chi connectivity index (χ2n) is 14.1. The highest BCUT2D eigenvalue weighted by Gasteiger charge is 2.25. The summed E-state index contributed by atoms with van der Waals surface area (Å²) in [5.74, 6) is -2.95. The summed E-state index contributed by atoms with van der Waals surface area (Å²) in [4.78, 5) is 52.3. The predicted octanol–water partition coefficient (Wildman–Crippen LogP) is 8.74. The number of benzene rings is 2. The molecule has 10 heteroatoms. The van der Waals surface area contributed by atoms with Crippen LogP contribution < -0.4 is 21.7 Å². The first kappa shape index (κ1) is 44.1. The van der Waals surface area contributed by atoms with Crippen LogP contribution in [0.15, 0.2) is 36.4 Å². The van der Waals surface area contributed by atoms with Crippen molar-refractivity contribution in [1.82, 2.24) is 21.7 Å². The van der Waals surface area contributed by atoms with Crippen LogP contribution in [0.5, 0.6) is 11.5 Å². The molecule has 10 nitrogen and oxygen atoms in total. The molecule has 2 atom stereocenters. The molecular weight excluding hydrogens is 656 g/mol. The Morgan fingerprint density at radius 1 is 0.481 bits per heavy atom. The second kappa shape index (κ2) is 25.8. The van der Waals surface area contributed by atoms with E-state index in [2.05, 4.69) is 35.6 Å². The summed E-state index contributed by atoms with van der Waals surface area (Å²) in [7, 11) is 0. The fourth-order valence-electron chi connectivity index (χ4n) is 6.63. The Morgan fingerprint density at radius 2 is 0.846 bits per heavy atom. The molecule has 2 aromatic carbocycles. The number of unbranched alkanes of at least 4 members (excludes halogenated alkanes) is 10. The SMILES string of the molecule is CCCCCCCCc1cccc(C(=O)NNC(=O)C(CCC)CCC(CCC)C(=O)NNC(=O)c2cccc(CCCCCCCC)c2O)c1O. The number of nitrogens with one attached hydrogen (secondary N) is 4. The molecule has 0 bridgehead atoms. The third kappa shape index (κ3) is 15.7. The van der Waals surface area contributed by atoms with Crippen molar-refractivity contribution in [2.75, 3.05) is 0 Å². The van der Waals surface area contributed by atoms with Crippen molar-refractivity contribution < 1.29 is 29.4 Å². The Labute approximate surface area is 312 Å². The van der Waals surface area contributed by atoms with Crippen molar-refractivity contribution in [3.05, 3.63) is 58.7 Å². The molecule has 290 valence electrons. The van der Waals surface area contributed by atoms with Crippen LogP contribution in [-0.2, 0) is 22.4 Å². The first-order valence-corrected chi connectivity index (χ1v) is 20.0. The number of hydrogen-bond acceptors (Lipinski definition) is 6. The Bertz CT molecular complexity index is 1280. The molecule has 0 aliphatic heterocycles. The molecule has 0 aliphatic carbocycles. The van der Waals surface area contributed by atoms with Gasteiger partial charge in [-0.25, -0.2) is 0 Å². The minimum Gasteiger partial charge on any atom is -0.507 e. The van der Waals surface area contributed by atoms with Gasteiger partial charge >= 0.3 is 0 Å². The summed E-state index contributed by atoms with van der Waals surface area (Å²) >= 11 is 0. The first-order valence-electron chi connectivity index (χ1n) is 20.0. The normalized spacial score (nSPS) is 12.2. The van der Waals surface area contributed by atoms with Crippen LogP contribution >= 0.6 is 0 Å². The third-order valence-corrected chi connectivity index (χ3v) is 9.81. The average molecular weight is 723 g/mol. The zero-order valence-corrected chi connectivity index (χ0v) is 32.3. The number of para-hydroxylation sites is 2. The number of aromatic hydroxyl groups is 2. The molecule has 0 saturated carbocycles. The molecule has 4 amide bonds. The number of phenolic OH excluding ortho intramolecular Hbond substituents is 2. The van der Waals surface area contributed by atoms with Crippen LogP contribution in [0.2, 0.25) is 0 Å². The molecule has 2 unspecified atom stereocenters. The van der Waals surface area contributed by atoms with Gasteiger partial charge in [0.15, 0.2) is 0 Å². The lowest BCUT2D eigenvalue weighted by atomic mass is 9.89. The van der Waals surface area contributed by atoms with E-state index in [9.17, 15) is 29.4 Å². The predicted molar refractivity (Wildman–Crippen MR) is 208 cm³/mol. The fraction of sp³-hybridized carbons (Fsp3) is 0.619. The number of phenols is 2. The van der Waals surface area contributed by atoms with Gasteiger partial charge in [0.1, 0.15) is 11.5 Å². The molecular formula is C42H66N4O6. The smallest absolute Gasteiger partial charge is 0.273 e. The maximum Gasteiger partial charge on any atom is 0.273 e. The molecule has 0 aliphatic rings. The highest BCUT2D eigenvalue weighted by Crippen LogP contribution is 2.26. The molecule has 0 saturated heterocycles. The Hall–Kier alpha value is -4.08. The highest BCUT2D eigenvalue weighted by molar-refractivity contribution is 5.99. The van der Waals surface area contributed by atoms with Gasteiger partial charge in [-0.1, -0.05) is 129 Å². The molecule has 0 spiro atoms. The molecule has 2 rings (SSSR count). The maximum absolute atomic E-state index is 13.2. The number of carbonyl (C=O) groups is 4. The quantitative estimate of drug-likeness (QED) is 0.0445. The molecule has 2 aromatic rings. The van der Waals surface area contributed by atoms with Gasteiger partial charge in [-0.2, -0.15) is 0 Å². The number of rotatable bonds is 25. The lowest BCUT2D eigenvalue weighted by Crippen LogP contribution is -2.46. The van der Waals surface area contributed by atoms with Crippen LogP contribution in [0.1, 0.15) is 175 Å². The number of amides is 4. The van der Waals surface area contributed by atoms with Gasteiger partial charge in [0.2, 0.25) is 11.8 Å². The van der Waals surface area contributed by atoms with Crippen molar-refractivity contribution in [1.29, 1.82) is 0 Å². The van der Waals surface area contributed by atoms with Gasteiger partial charge in [-0.05, 0) is 74.6 Å². The van der Waals surface area contributed by atoms with E-state index in [1.165, 1.54) is 50.7 Å². The molecule has 6 N–H and O–H groups in total. The number of aryl methyl sites for hydroxylation is 2. The van der Waals surface area contributed by atoms with E-state index >= 15 is 0 Å². The Kier molecular flexibility index (Phi) is 21.9. The van der Waals surface area contributed by atoms with E-state index in [0.29, 0.717) is 49.7 Å². The van der Waals surface area contributed by atoms with Crippen molar-refractivity contribution in [2.45, 2.75) is 156 Å². The summed E-state index contributed by atoms with van der Waals surface area (Å²) in [5.41, 5.74) is 11.6. The van der Waals surface area contributed by atoms with Crippen molar-refractivity contribution in [3.63, 3.8) is 0 Å². The van der Waals surface area contributed by atoms with Gasteiger partial charge in [0, 0.05) is 11.8 Å². The first-order chi connectivity index (χ1) is 25.2.